The highest BCUT2D eigenvalue weighted by Crippen LogP contribution is 2.79. The number of rotatable bonds is 2. The Hall–Kier alpha value is -0.140. The molecule has 5 rings (SSSR count). The van der Waals surface area contributed by atoms with Gasteiger partial charge in [0.05, 0.1) is 11.3 Å². The fourth-order valence-electron chi connectivity index (χ4n) is 5.20. The number of hydrogen-bond donors (Lipinski definition) is 0. The van der Waals surface area contributed by atoms with Gasteiger partial charge in [0.2, 0.25) is 10.0 Å². The molecule has 5 fully saturated rings. The molecule has 1 heterocycles. The van der Waals surface area contributed by atoms with E-state index in [4.69, 9.17) is 4.74 Å². The lowest BCUT2D eigenvalue weighted by molar-refractivity contribution is -0.230. The molecule has 1 spiro atoms. The molecule has 5 nitrogen and oxygen atoms in total. The number of hydrogen-bond acceptors (Lipinski definition) is 4. The standard InChI is InChI=1S/C12H16BrNO4S/c1-5(13)11(15)18-9-8-6-3-7-12(8,4-6)10(9)14(2)19(7,16)17/h5-10H,3-4H2,1-2H3. The van der Waals surface area contributed by atoms with E-state index in [-0.39, 0.29) is 39.5 Å². The van der Waals surface area contributed by atoms with E-state index in [1.165, 1.54) is 4.31 Å². The van der Waals surface area contributed by atoms with Gasteiger partial charge < -0.3 is 4.74 Å². The van der Waals surface area contributed by atoms with Gasteiger partial charge in [0, 0.05) is 18.4 Å². The Labute approximate surface area is 120 Å². The van der Waals surface area contributed by atoms with E-state index in [0.717, 1.165) is 12.8 Å². The molecule has 1 saturated heterocycles. The van der Waals surface area contributed by atoms with Crippen LogP contribution in [0.1, 0.15) is 19.8 Å². The second kappa shape index (κ2) is 3.36. The summed E-state index contributed by atoms with van der Waals surface area (Å²) in [4.78, 5) is 11.4. The molecule has 0 aromatic heterocycles. The number of esters is 1. The maximum Gasteiger partial charge on any atom is 0.319 e. The molecule has 1 aliphatic heterocycles. The van der Waals surface area contributed by atoms with E-state index in [9.17, 15) is 13.2 Å². The Morgan fingerprint density at radius 1 is 1.53 bits per heavy atom. The molecule has 19 heavy (non-hydrogen) atoms. The number of likely N-dealkylation sites (N-methyl/N-ethyl adjacent to an activating group) is 1. The molecule has 2 bridgehead atoms. The second-order valence-corrected chi connectivity index (χ2v) is 9.90. The molecular weight excluding hydrogens is 334 g/mol. The van der Waals surface area contributed by atoms with Crippen molar-refractivity contribution in [3.8, 4) is 0 Å². The molecule has 0 aromatic rings. The molecule has 5 aliphatic rings. The number of halogens is 1. The Bertz CT molecular complexity index is 576. The average molecular weight is 350 g/mol. The smallest absolute Gasteiger partial charge is 0.319 e. The number of ether oxygens (including phenoxy) is 1. The summed E-state index contributed by atoms with van der Waals surface area (Å²) in [5.74, 6) is 0.422. The van der Waals surface area contributed by atoms with Crippen molar-refractivity contribution in [2.24, 2.45) is 17.3 Å². The van der Waals surface area contributed by atoms with Crippen LogP contribution in [0, 0.1) is 17.3 Å². The van der Waals surface area contributed by atoms with Gasteiger partial charge in [-0.3, -0.25) is 4.79 Å². The van der Waals surface area contributed by atoms with Crippen LogP contribution in [0.25, 0.3) is 0 Å². The first-order valence-corrected chi connectivity index (χ1v) is 9.05. The van der Waals surface area contributed by atoms with Crippen LogP contribution in [0.3, 0.4) is 0 Å². The topological polar surface area (TPSA) is 63.7 Å². The lowest BCUT2D eigenvalue weighted by Gasteiger charge is -2.64. The van der Waals surface area contributed by atoms with Gasteiger partial charge in [-0.15, -0.1) is 0 Å². The van der Waals surface area contributed by atoms with Gasteiger partial charge in [0.25, 0.3) is 0 Å². The zero-order valence-electron chi connectivity index (χ0n) is 10.7. The van der Waals surface area contributed by atoms with E-state index >= 15 is 0 Å². The lowest BCUT2D eigenvalue weighted by atomic mass is 9.43. The zero-order valence-corrected chi connectivity index (χ0v) is 13.1. The van der Waals surface area contributed by atoms with E-state index in [0.29, 0.717) is 5.92 Å². The number of nitrogens with zero attached hydrogens (tertiary/aromatic N) is 1. The summed E-state index contributed by atoms with van der Waals surface area (Å²) in [6, 6.07) is -0.124. The maximum absolute atomic E-state index is 12.4. The molecule has 4 aliphatic carbocycles. The fraction of sp³-hybridized carbons (Fsp3) is 0.917. The molecule has 7 unspecified atom stereocenters. The van der Waals surface area contributed by atoms with E-state index < -0.39 is 10.0 Å². The van der Waals surface area contributed by atoms with Gasteiger partial charge >= 0.3 is 5.97 Å². The molecule has 0 radical (unpaired) electrons. The molecular formula is C12H16BrNO4S. The van der Waals surface area contributed by atoms with Crippen LogP contribution in [0.4, 0.5) is 0 Å². The third kappa shape index (κ3) is 1.14. The molecule has 0 amide bonds. The van der Waals surface area contributed by atoms with Crippen molar-refractivity contribution >= 4 is 31.9 Å². The van der Waals surface area contributed by atoms with Crippen molar-refractivity contribution in [3.05, 3.63) is 0 Å². The molecule has 0 N–H and O–H groups in total. The van der Waals surface area contributed by atoms with Gasteiger partial charge in [-0.1, -0.05) is 15.9 Å². The average Bonchev–Trinajstić information content (AvgIpc) is 2.85. The number of sulfonamides is 1. The first-order valence-electron chi connectivity index (χ1n) is 6.63. The second-order valence-electron chi connectivity index (χ2n) is 6.35. The molecule has 7 heteroatoms. The van der Waals surface area contributed by atoms with Crippen molar-refractivity contribution < 1.29 is 17.9 Å². The number of carbonyl (C=O) groups excluding carboxylic acids is 1. The number of carbonyl (C=O) groups is 1. The minimum Gasteiger partial charge on any atom is -0.459 e. The van der Waals surface area contributed by atoms with E-state index in [1.807, 2.05) is 0 Å². The number of alkyl halides is 1. The van der Waals surface area contributed by atoms with Gasteiger partial charge in [-0.25, -0.2) is 8.42 Å². The Balaban J connectivity index is 1.68. The first-order chi connectivity index (χ1) is 8.81. The SMILES string of the molecule is CC(Br)C(=O)OC1C2C3CC4C2(C3)C1N(C)S4(=O)=O. The highest BCUT2D eigenvalue weighted by atomic mass is 79.9. The predicted molar refractivity (Wildman–Crippen MR) is 71.2 cm³/mol. The summed E-state index contributed by atoms with van der Waals surface area (Å²) in [6.07, 6.45) is 1.51. The molecule has 106 valence electrons. The van der Waals surface area contributed by atoms with Crippen LogP contribution in [0.2, 0.25) is 0 Å². The first kappa shape index (κ1) is 12.6. The summed E-state index contributed by atoms with van der Waals surface area (Å²) in [6.45, 7) is 1.73. The van der Waals surface area contributed by atoms with Crippen molar-refractivity contribution in [1.82, 2.24) is 4.31 Å². The Morgan fingerprint density at radius 3 is 2.84 bits per heavy atom. The van der Waals surface area contributed by atoms with Crippen LogP contribution in [-0.2, 0) is 19.6 Å². The minimum atomic E-state index is -3.19. The summed E-state index contributed by atoms with van der Waals surface area (Å²) >= 11 is 3.20. The maximum atomic E-state index is 12.4. The van der Waals surface area contributed by atoms with Crippen LogP contribution in [0.5, 0.6) is 0 Å². The zero-order chi connectivity index (χ0) is 13.7. The quantitative estimate of drug-likeness (QED) is 0.544. The van der Waals surface area contributed by atoms with Crippen LogP contribution >= 0.6 is 15.9 Å². The third-order valence-electron chi connectivity index (χ3n) is 5.81. The van der Waals surface area contributed by atoms with Crippen molar-refractivity contribution in [2.45, 2.75) is 42.0 Å². The van der Waals surface area contributed by atoms with E-state index in [1.54, 1.807) is 14.0 Å². The largest absolute Gasteiger partial charge is 0.459 e. The molecule has 0 aromatic carbocycles. The highest BCUT2D eigenvalue weighted by molar-refractivity contribution is 9.10. The Morgan fingerprint density at radius 2 is 2.21 bits per heavy atom. The summed E-state index contributed by atoms with van der Waals surface area (Å²) in [5.41, 5.74) is -0.0985. The monoisotopic (exact) mass is 349 g/mol. The molecule has 7 atom stereocenters. The van der Waals surface area contributed by atoms with Crippen molar-refractivity contribution in [1.29, 1.82) is 0 Å². The minimum absolute atomic E-state index is 0.0985. The van der Waals surface area contributed by atoms with Gasteiger partial charge in [0.15, 0.2) is 0 Å². The van der Waals surface area contributed by atoms with Crippen molar-refractivity contribution in [3.63, 3.8) is 0 Å². The summed E-state index contributed by atoms with van der Waals surface area (Å²) < 4.78 is 31.8. The fourth-order valence-corrected chi connectivity index (χ4v) is 7.78. The van der Waals surface area contributed by atoms with Gasteiger partial charge in [0.1, 0.15) is 10.9 Å². The van der Waals surface area contributed by atoms with Crippen LogP contribution in [0.15, 0.2) is 0 Å². The van der Waals surface area contributed by atoms with E-state index in [2.05, 4.69) is 15.9 Å². The molecule has 4 saturated carbocycles. The third-order valence-corrected chi connectivity index (χ3v) is 8.56. The predicted octanol–water partition coefficient (Wildman–Crippen LogP) is 0.734. The normalized spacial score (nSPS) is 53.9. The van der Waals surface area contributed by atoms with Crippen molar-refractivity contribution in [2.75, 3.05) is 7.05 Å². The highest BCUT2D eigenvalue weighted by Gasteiger charge is 2.87. The summed E-state index contributed by atoms with van der Waals surface area (Å²) in [5, 5.41) is -0.221. The van der Waals surface area contributed by atoms with Crippen LogP contribution in [-0.4, -0.2) is 48.0 Å². The lowest BCUT2D eigenvalue weighted by Crippen LogP contribution is -2.73. The van der Waals surface area contributed by atoms with Gasteiger partial charge in [-0.2, -0.15) is 4.31 Å². The van der Waals surface area contributed by atoms with Crippen LogP contribution < -0.4 is 0 Å². The Kier molecular flexibility index (Phi) is 2.23. The van der Waals surface area contributed by atoms with Gasteiger partial charge in [-0.05, 0) is 25.7 Å². The summed E-state index contributed by atoms with van der Waals surface area (Å²) in [7, 11) is -1.55.